The molecule has 0 atom stereocenters. The molecule has 0 bridgehead atoms. The number of carbonyl (C=O) groups excluding carboxylic acids is 2. The summed E-state index contributed by atoms with van der Waals surface area (Å²) in [6, 6.07) is 4.90. The van der Waals surface area contributed by atoms with Gasteiger partial charge in [0.25, 0.3) is 5.91 Å². The van der Waals surface area contributed by atoms with Crippen LogP contribution in [0, 0.1) is 11.3 Å². The van der Waals surface area contributed by atoms with Crippen molar-refractivity contribution in [1.29, 1.82) is 5.26 Å². The summed E-state index contributed by atoms with van der Waals surface area (Å²) in [5.74, 6) is -0.786. The van der Waals surface area contributed by atoms with Gasteiger partial charge in [-0.3, -0.25) is 15.0 Å². The standard InChI is InChI=1S/C13H12N8O3/c1-15-13(23)10-11(17-7-16-10)20-19-9(5-14)12(22)21-18-6-8-3-2-4-24-8/h2-4,6-7,20H,1H3,(H,15,23)(H,16,17)(H,21,22)/b18-6+,19-9+. The van der Waals surface area contributed by atoms with E-state index in [0.717, 1.165) is 0 Å². The van der Waals surface area contributed by atoms with Gasteiger partial charge in [0.15, 0.2) is 5.82 Å². The lowest BCUT2D eigenvalue weighted by Crippen LogP contribution is -2.27. The molecule has 2 aromatic heterocycles. The normalized spacial score (nSPS) is 11.1. The zero-order chi connectivity index (χ0) is 17.4. The second-order valence-electron chi connectivity index (χ2n) is 4.10. The van der Waals surface area contributed by atoms with Crippen molar-refractivity contribution in [2.24, 2.45) is 10.2 Å². The van der Waals surface area contributed by atoms with Crippen molar-refractivity contribution in [3.63, 3.8) is 0 Å². The van der Waals surface area contributed by atoms with E-state index in [9.17, 15) is 9.59 Å². The highest BCUT2D eigenvalue weighted by Gasteiger charge is 2.14. The summed E-state index contributed by atoms with van der Waals surface area (Å²) in [7, 11) is 1.45. The van der Waals surface area contributed by atoms with Gasteiger partial charge >= 0.3 is 5.91 Å². The molecule has 0 aliphatic rings. The molecule has 0 fully saturated rings. The average Bonchev–Trinajstić information content (AvgIpc) is 3.26. The lowest BCUT2D eigenvalue weighted by molar-refractivity contribution is -0.114. The number of nitriles is 1. The number of nitrogens with one attached hydrogen (secondary N) is 4. The molecule has 11 nitrogen and oxygen atoms in total. The fourth-order valence-corrected chi connectivity index (χ4v) is 1.48. The molecule has 0 aromatic carbocycles. The van der Waals surface area contributed by atoms with E-state index in [1.54, 1.807) is 18.2 Å². The molecule has 0 unspecified atom stereocenters. The largest absolute Gasteiger partial charge is 0.463 e. The number of hydrogen-bond donors (Lipinski definition) is 4. The van der Waals surface area contributed by atoms with Gasteiger partial charge in [-0.1, -0.05) is 0 Å². The Balaban J connectivity index is 2.01. The van der Waals surface area contributed by atoms with Crippen LogP contribution in [-0.2, 0) is 4.79 Å². The molecule has 0 saturated heterocycles. The van der Waals surface area contributed by atoms with Crippen molar-refractivity contribution in [2.45, 2.75) is 0 Å². The first-order chi connectivity index (χ1) is 11.7. The monoisotopic (exact) mass is 328 g/mol. The SMILES string of the molecule is CNC(=O)c1[nH]cnc1N/N=C(\C#N)C(=O)N/N=C/c1ccco1. The van der Waals surface area contributed by atoms with Crippen LogP contribution < -0.4 is 16.2 Å². The maximum atomic E-state index is 11.8. The molecule has 0 aliphatic heterocycles. The second kappa shape index (κ2) is 7.90. The first-order valence-electron chi connectivity index (χ1n) is 6.52. The van der Waals surface area contributed by atoms with E-state index in [1.165, 1.54) is 25.9 Å². The third-order valence-corrected chi connectivity index (χ3v) is 2.59. The second-order valence-corrected chi connectivity index (χ2v) is 4.10. The maximum absolute atomic E-state index is 11.8. The van der Waals surface area contributed by atoms with E-state index in [2.05, 4.69) is 36.3 Å². The Kier molecular flexibility index (Phi) is 5.41. The van der Waals surface area contributed by atoms with Crippen molar-refractivity contribution in [3.05, 3.63) is 36.2 Å². The van der Waals surface area contributed by atoms with Crippen LogP contribution in [0.5, 0.6) is 0 Å². The molecule has 2 aromatic rings. The number of carbonyl (C=O) groups is 2. The van der Waals surface area contributed by atoms with E-state index in [0.29, 0.717) is 5.76 Å². The number of furan rings is 1. The van der Waals surface area contributed by atoms with Crippen molar-refractivity contribution < 1.29 is 14.0 Å². The first kappa shape index (κ1) is 16.4. The fraction of sp³-hybridized carbons (Fsp3) is 0.0769. The number of hydrogen-bond acceptors (Lipinski definition) is 8. The van der Waals surface area contributed by atoms with E-state index >= 15 is 0 Å². The van der Waals surface area contributed by atoms with Crippen LogP contribution in [0.25, 0.3) is 0 Å². The van der Waals surface area contributed by atoms with Gasteiger partial charge in [0.1, 0.15) is 17.5 Å². The Morgan fingerprint density at radius 1 is 1.50 bits per heavy atom. The Hall–Kier alpha value is -3.94. The number of amides is 2. The number of aromatic amines is 1. The van der Waals surface area contributed by atoms with Crippen LogP contribution in [0.15, 0.2) is 39.3 Å². The smallest absolute Gasteiger partial charge is 0.302 e. The first-order valence-corrected chi connectivity index (χ1v) is 6.52. The van der Waals surface area contributed by atoms with Gasteiger partial charge in [0.05, 0.1) is 18.8 Å². The van der Waals surface area contributed by atoms with Gasteiger partial charge in [-0.15, -0.1) is 0 Å². The topological polar surface area (TPSA) is 161 Å². The molecule has 4 N–H and O–H groups in total. The third-order valence-electron chi connectivity index (χ3n) is 2.59. The quantitative estimate of drug-likeness (QED) is 0.424. The van der Waals surface area contributed by atoms with Crippen LogP contribution in [-0.4, -0.2) is 40.8 Å². The molecule has 0 radical (unpaired) electrons. The minimum Gasteiger partial charge on any atom is -0.463 e. The Bertz CT molecular complexity index is 813. The summed E-state index contributed by atoms with van der Waals surface area (Å²) in [6.45, 7) is 0. The number of rotatable bonds is 6. The van der Waals surface area contributed by atoms with Gasteiger partial charge in [-0.2, -0.15) is 15.5 Å². The van der Waals surface area contributed by atoms with E-state index in [1.807, 2.05) is 0 Å². The van der Waals surface area contributed by atoms with E-state index < -0.39 is 17.5 Å². The fourth-order valence-electron chi connectivity index (χ4n) is 1.48. The van der Waals surface area contributed by atoms with Crippen LogP contribution >= 0.6 is 0 Å². The maximum Gasteiger partial charge on any atom is 0.302 e. The average molecular weight is 328 g/mol. The van der Waals surface area contributed by atoms with Crippen molar-refractivity contribution in [1.82, 2.24) is 20.7 Å². The summed E-state index contributed by atoms with van der Waals surface area (Å²) < 4.78 is 4.99. The number of aromatic nitrogens is 2. The number of H-pyrrole nitrogens is 1. The minimum atomic E-state index is -0.843. The minimum absolute atomic E-state index is 0.0639. The molecule has 2 amide bonds. The molecular formula is C13H12N8O3. The van der Waals surface area contributed by atoms with E-state index in [4.69, 9.17) is 9.68 Å². The molecule has 24 heavy (non-hydrogen) atoms. The zero-order valence-electron chi connectivity index (χ0n) is 12.4. The highest BCUT2D eigenvalue weighted by atomic mass is 16.3. The Labute approximate surface area is 135 Å². The van der Waals surface area contributed by atoms with Gasteiger partial charge < -0.3 is 14.7 Å². The predicted molar refractivity (Wildman–Crippen MR) is 83.1 cm³/mol. The van der Waals surface area contributed by atoms with Gasteiger partial charge in [0, 0.05) is 7.05 Å². The molecule has 2 rings (SSSR count). The van der Waals surface area contributed by atoms with Crippen molar-refractivity contribution in [2.75, 3.05) is 12.5 Å². The molecule has 0 aliphatic carbocycles. The van der Waals surface area contributed by atoms with Gasteiger partial charge in [0.2, 0.25) is 5.71 Å². The van der Waals surface area contributed by atoms with Crippen LogP contribution in [0.3, 0.4) is 0 Å². The van der Waals surface area contributed by atoms with Gasteiger partial charge in [-0.05, 0) is 12.1 Å². The third kappa shape index (κ3) is 4.04. The van der Waals surface area contributed by atoms with Crippen LogP contribution in [0.2, 0.25) is 0 Å². The Morgan fingerprint density at radius 2 is 2.33 bits per heavy atom. The van der Waals surface area contributed by atoms with Crippen LogP contribution in [0.1, 0.15) is 16.2 Å². The summed E-state index contributed by atoms with van der Waals surface area (Å²) >= 11 is 0. The zero-order valence-corrected chi connectivity index (χ0v) is 12.4. The molecule has 122 valence electrons. The molecular weight excluding hydrogens is 316 g/mol. The summed E-state index contributed by atoms with van der Waals surface area (Å²) in [6.07, 6.45) is 3.98. The molecule has 11 heteroatoms. The Morgan fingerprint density at radius 3 is 3.00 bits per heavy atom. The number of nitrogens with zero attached hydrogens (tertiary/aromatic N) is 4. The lowest BCUT2D eigenvalue weighted by atomic mass is 10.4. The molecule has 0 saturated carbocycles. The van der Waals surface area contributed by atoms with Gasteiger partial charge in [-0.25, -0.2) is 10.4 Å². The number of hydrazone groups is 2. The highest BCUT2D eigenvalue weighted by molar-refractivity contribution is 6.45. The summed E-state index contributed by atoms with van der Waals surface area (Å²) in [4.78, 5) is 29.8. The van der Waals surface area contributed by atoms with E-state index in [-0.39, 0.29) is 11.5 Å². The highest BCUT2D eigenvalue weighted by Crippen LogP contribution is 2.08. The molecule has 0 spiro atoms. The molecule has 2 heterocycles. The van der Waals surface area contributed by atoms with Crippen molar-refractivity contribution >= 4 is 29.6 Å². The summed E-state index contributed by atoms with van der Waals surface area (Å²) in [5.41, 5.74) is 4.10. The number of anilines is 1. The summed E-state index contributed by atoms with van der Waals surface area (Å²) in [5, 5.41) is 18.6. The lowest BCUT2D eigenvalue weighted by Gasteiger charge is -2.01. The number of imidazole rings is 1. The van der Waals surface area contributed by atoms with Crippen molar-refractivity contribution in [3.8, 4) is 6.07 Å². The predicted octanol–water partition coefficient (Wildman–Crippen LogP) is -0.196. The van der Waals surface area contributed by atoms with Crippen LogP contribution in [0.4, 0.5) is 5.82 Å².